The van der Waals surface area contributed by atoms with E-state index in [1.165, 1.54) is 7.11 Å². The van der Waals surface area contributed by atoms with E-state index in [1.807, 2.05) is 30.3 Å². The van der Waals surface area contributed by atoms with Crippen molar-refractivity contribution in [2.24, 2.45) is 0 Å². The molecule has 1 amide bonds. The zero-order valence-corrected chi connectivity index (χ0v) is 12.6. The number of nitrogens with one attached hydrogen (secondary N) is 1. The number of amides is 1. The maximum atomic E-state index is 12.1. The Labute approximate surface area is 128 Å². The van der Waals surface area contributed by atoms with Crippen LogP contribution in [0.1, 0.15) is 24.9 Å². The number of carbonyl (C=O) groups excluding carboxylic acids is 1. The minimum atomic E-state index is -1.10. The third-order valence-electron chi connectivity index (χ3n) is 3.59. The first kappa shape index (κ1) is 16.0. The minimum absolute atomic E-state index is 0.425. The fourth-order valence-corrected chi connectivity index (χ4v) is 2.37. The molecule has 116 valence electrons. The van der Waals surface area contributed by atoms with Crippen molar-refractivity contribution in [3.8, 4) is 0 Å². The molecule has 2 aromatic rings. The average molecular weight is 301 g/mol. The largest absolute Gasteiger partial charge is 0.479 e. The number of methoxy groups -OCH3 is 1. The van der Waals surface area contributed by atoms with E-state index in [-0.39, 0.29) is 0 Å². The summed E-state index contributed by atoms with van der Waals surface area (Å²) in [5, 5.41) is 13.9. The summed E-state index contributed by atoms with van der Waals surface area (Å²) in [6.45, 7) is 1.81. The number of carboxylic acids is 1. The molecule has 2 unspecified atom stereocenters. The zero-order valence-electron chi connectivity index (χ0n) is 12.6. The molecule has 0 aromatic heterocycles. The van der Waals surface area contributed by atoms with Crippen molar-refractivity contribution in [1.82, 2.24) is 5.32 Å². The van der Waals surface area contributed by atoms with Gasteiger partial charge in [0.25, 0.3) is 0 Å². The highest BCUT2D eigenvalue weighted by Gasteiger charge is 2.25. The van der Waals surface area contributed by atoms with Crippen LogP contribution in [0.3, 0.4) is 0 Å². The number of carboxylic acid groups (broad SMARTS) is 1. The lowest BCUT2D eigenvalue weighted by Crippen LogP contribution is -2.40. The fraction of sp³-hybridized carbons (Fsp3) is 0.294. The van der Waals surface area contributed by atoms with E-state index < -0.39 is 24.0 Å². The van der Waals surface area contributed by atoms with Gasteiger partial charge in [0.2, 0.25) is 5.91 Å². The number of hydrogen-bond acceptors (Lipinski definition) is 3. The third kappa shape index (κ3) is 3.43. The summed E-state index contributed by atoms with van der Waals surface area (Å²) >= 11 is 0. The molecule has 5 heteroatoms. The summed E-state index contributed by atoms with van der Waals surface area (Å²) < 4.78 is 5.04. The van der Waals surface area contributed by atoms with Gasteiger partial charge in [0, 0.05) is 7.11 Å². The van der Waals surface area contributed by atoms with Gasteiger partial charge < -0.3 is 15.2 Å². The molecule has 0 aliphatic heterocycles. The van der Waals surface area contributed by atoms with Crippen LogP contribution in [0.4, 0.5) is 0 Å². The van der Waals surface area contributed by atoms with Crippen LogP contribution in [0, 0.1) is 0 Å². The first-order valence-corrected chi connectivity index (χ1v) is 7.11. The van der Waals surface area contributed by atoms with Gasteiger partial charge in [0.15, 0.2) is 6.04 Å². The second-order valence-corrected chi connectivity index (χ2v) is 5.02. The van der Waals surface area contributed by atoms with Gasteiger partial charge in [-0.3, -0.25) is 4.79 Å². The molecule has 2 N–H and O–H groups in total. The van der Waals surface area contributed by atoms with Crippen LogP contribution in [0.2, 0.25) is 0 Å². The second-order valence-electron chi connectivity index (χ2n) is 5.02. The molecule has 0 bridgehead atoms. The molecular weight excluding hydrogens is 282 g/mol. The third-order valence-corrected chi connectivity index (χ3v) is 3.59. The Morgan fingerprint density at radius 3 is 2.45 bits per heavy atom. The van der Waals surface area contributed by atoms with Crippen molar-refractivity contribution < 1.29 is 19.4 Å². The minimum Gasteiger partial charge on any atom is -0.479 e. The van der Waals surface area contributed by atoms with Crippen molar-refractivity contribution in [2.75, 3.05) is 7.11 Å². The predicted octanol–water partition coefficient (Wildman–Crippen LogP) is 2.51. The van der Waals surface area contributed by atoms with Crippen LogP contribution in [0.25, 0.3) is 10.8 Å². The highest BCUT2D eigenvalue weighted by atomic mass is 16.5. The van der Waals surface area contributed by atoms with Crippen molar-refractivity contribution in [2.45, 2.75) is 25.5 Å². The van der Waals surface area contributed by atoms with Crippen LogP contribution in [-0.4, -0.2) is 30.2 Å². The summed E-state index contributed by atoms with van der Waals surface area (Å²) in [5.74, 6) is -1.53. The van der Waals surface area contributed by atoms with Gasteiger partial charge >= 0.3 is 5.97 Å². The standard InChI is InChI=1S/C17H19NO4/c1-3-14(22-2)16(19)18-15(17(20)21)13-9-8-11-6-4-5-7-12(11)10-13/h4-10,14-15H,3H2,1-2H3,(H,18,19)(H,20,21). The zero-order chi connectivity index (χ0) is 16.1. The maximum absolute atomic E-state index is 12.1. The molecule has 5 nitrogen and oxygen atoms in total. The van der Waals surface area contributed by atoms with Crippen LogP contribution >= 0.6 is 0 Å². The summed E-state index contributed by atoms with van der Waals surface area (Å²) in [7, 11) is 1.43. The SMILES string of the molecule is CCC(OC)C(=O)NC(C(=O)O)c1ccc2ccccc2c1. The lowest BCUT2D eigenvalue weighted by molar-refractivity contribution is -0.144. The van der Waals surface area contributed by atoms with E-state index in [9.17, 15) is 14.7 Å². The summed E-state index contributed by atoms with van der Waals surface area (Å²) in [5.41, 5.74) is 0.533. The maximum Gasteiger partial charge on any atom is 0.330 e. The Balaban J connectivity index is 2.30. The number of carbonyl (C=O) groups is 2. The lowest BCUT2D eigenvalue weighted by Gasteiger charge is -2.19. The Kier molecular flexibility index (Phi) is 5.12. The normalized spacial score (nSPS) is 13.5. The molecule has 0 radical (unpaired) electrons. The summed E-state index contributed by atoms with van der Waals surface area (Å²) in [4.78, 5) is 23.6. The molecule has 0 heterocycles. The number of fused-ring (bicyclic) bond motifs is 1. The van der Waals surface area contributed by atoms with E-state index in [4.69, 9.17) is 4.74 Å². The van der Waals surface area contributed by atoms with E-state index in [2.05, 4.69) is 5.32 Å². The highest BCUT2D eigenvalue weighted by molar-refractivity contribution is 5.89. The number of ether oxygens (including phenoxy) is 1. The molecule has 0 spiro atoms. The van der Waals surface area contributed by atoms with Crippen LogP contribution in [0.5, 0.6) is 0 Å². The summed E-state index contributed by atoms with van der Waals surface area (Å²) in [6, 6.07) is 11.9. The van der Waals surface area contributed by atoms with E-state index in [0.29, 0.717) is 12.0 Å². The molecule has 22 heavy (non-hydrogen) atoms. The monoisotopic (exact) mass is 301 g/mol. The van der Waals surface area contributed by atoms with E-state index in [1.54, 1.807) is 19.1 Å². The lowest BCUT2D eigenvalue weighted by atomic mass is 10.0. The summed E-state index contributed by atoms with van der Waals surface area (Å²) in [6.07, 6.45) is -0.172. The van der Waals surface area contributed by atoms with Crippen molar-refractivity contribution >= 4 is 22.6 Å². The van der Waals surface area contributed by atoms with Gasteiger partial charge in [-0.05, 0) is 28.8 Å². The second kappa shape index (κ2) is 7.04. The van der Waals surface area contributed by atoms with Crippen LogP contribution in [-0.2, 0) is 14.3 Å². The quantitative estimate of drug-likeness (QED) is 0.859. The van der Waals surface area contributed by atoms with Gasteiger partial charge in [-0.1, -0.05) is 43.3 Å². The molecule has 0 aliphatic rings. The molecule has 0 fully saturated rings. The number of rotatable bonds is 6. The molecule has 2 aromatic carbocycles. The van der Waals surface area contributed by atoms with Gasteiger partial charge in [0.05, 0.1) is 0 Å². The Hall–Kier alpha value is -2.40. The Morgan fingerprint density at radius 1 is 1.18 bits per heavy atom. The number of hydrogen-bond donors (Lipinski definition) is 2. The Morgan fingerprint density at radius 2 is 1.86 bits per heavy atom. The first-order chi connectivity index (χ1) is 10.6. The van der Waals surface area contributed by atoms with E-state index in [0.717, 1.165) is 10.8 Å². The molecule has 2 atom stereocenters. The van der Waals surface area contributed by atoms with Gasteiger partial charge in [-0.25, -0.2) is 4.79 Å². The molecule has 0 saturated carbocycles. The number of aliphatic carboxylic acids is 1. The van der Waals surface area contributed by atoms with Gasteiger partial charge in [-0.15, -0.1) is 0 Å². The van der Waals surface area contributed by atoms with Crippen molar-refractivity contribution in [1.29, 1.82) is 0 Å². The van der Waals surface area contributed by atoms with Crippen molar-refractivity contribution in [3.63, 3.8) is 0 Å². The van der Waals surface area contributed by atoms with Crippen LogP contribution < -0.4 is 5.32 Å². The first-order valence-electron chi connectivity index (χ1n) is 7.11. The molecule has 2 rings (SSSR count). The fourth-order valence-electron chi connectivity index (χ4n) is 2.37. The van der Waals surface area contributed by atoms with Crippen LogP contribution in [0.15, 0.2) is 42.5 Å². The molecule has 0 saturated heterocycles. The van der Waals surface area contributed by atoms with Gasteiger partial charge in [0.1, 0.15) is 6.10 Å². The number of benzene rings is 2. The smallest absolute Gasteiger partial charge is 0.330 e. The average Bonchev–Trinajstić information content (AvgIpc) is 2.53. The molecule has 0 aliphatic carbocycles. The van der Waals surface area contributed by atoms with Crippen molar-refractivity contribution in [3.05, 3.63) is 48.0 Å². The highest BCUT2D eigenvalue weighted by Crippen LogP contribution is 2.21. The predicted molar refractivity (Wildman–Crippen MR) is 83.6 cm³/mol. The topological polar surface area (TPSA) is 75.6 Å². The van der Waals surface area contributed by atoms with E-state index >= 15 is 0 Å². The van der Waals surface area contributed by atoms with Gasteiger partial charge in [-0.2, -0.15) is 0 Å². The Bertz CT molecular complexity index is 679. The molecular formula is C17H19NO4.